The van der Waals surface area contributed by atoms with E-state index in [1.165, 1.54) is 48.5 Å². The number of aryl methyl sites for hydroxylation is 1. The Morgan fingerprint density at radius 1 is 1.24 bits per heavy atom. The lowest BCUT2D eigenvalue weighted by Gasteiger charge is -2.32. The molecule has 3 rings (SSSR count). The van der Waals surface area contributed by atoms with Crippen LogP contribution < -0.4 is 5.32 Å². The summed E-state index contributed by atoms with van der Waals surface area (Å²) in [5.41, 5.74) is 0. The highest BCUT2D eigenvalue weighted by atomic mass is 32.1. The van der Waals surface area contributed by atoms with Gasteiger partial charge in [-0.3, -0.25) is 0 Å². The number of thiophene rings is 1. The van der Waals surface area contributed by atoms with Gasteiger partial charge in [-0.2, -0.15) is 0 Å². The topological polar surface area (TPSA) is 15.3 Å². The molecule has 1 aliphatic heterocycles. The summed E-state index contributed by atoms with van der Waals surface area (Å²) in [5.74, 6) is 0. The molecule has 0 aromatic carbocycles. The monoisotopic (exact) mass is 250 g/mol. The van der Waals surface area contributed by atoms with Gasteiger partial charge < -0.3 is 10.2 Å². The Hall–Kier alpha value is -0.380. The van der Waals surface area contributed by atoms with Gasteiger partial charge in [-0.25, -0.2) is 0 Å². The molecular weight excluding hydrogens is 228 g/mol. The molecule has 0 bridgehead atoms. The highest BCUT2D eigenvalue weighted by Gasteiger charge is 2.31. The van der Waals surface area contributed by atoms with Gasteiger partial charge in [0.1, 0.15) is 0 Å². The molecule has 2 aliphatic rings. The number of nitrogens with zero attached hydrogens (tertiary/aromatic N) is 1. The van der Waals surface area contributed by atoms with E-state index in [4.69, 9.17) is 0 Å². The van der Waals surface area contributed by atoms with Crippen molar-refractivity contribution in [2.75, 3.05) is 13.1 Å². The van der Waals surface area contributed by atoms with E-state index in [0.29, 0.717) is 0 Å². The van der Waals surface area contributed by atoms with Crippen molar-refractivity contribution in [1.29, 1.82) is 0 Å². The van der Waals surface area contributed by atoms with Crippen molar-refractivity contribution in [3.63, 3.8) is 0 Å². The third kappa shape index (κ3) is 3.09. The van der Waals surface area contributed by atoms with E-state index < -0.39 is 0 Å². The van der Waals surface area contributed by atoms with Crippen LogP contribution in [-0.2, 0) is 6.54 Å². The minimum atomic E-state index is 0.743. The average Bonchev–Trinajstić information content (AvgIpc) is 3.11. The predicted octanol–water partition coefficient (Wildman–Crippen LogP) is 2.77. The van der Waals surface area contributed by atoms with E-state index in [2.05, 4.69) is 29.3 Å². The fraction of sp³-hybridized carbons (Fsp3) is 0.714. The van der Waals surface area contributed by atoms with Crippen molar-refractivity contribution in [1.82, 2.24) is 10.2 Å². The van der Waals surface area contributed by atoms with Crippen LogP contribution in [0.15, 0.2) is 12.1 Å². The first-order chi connectivity index (χ1) is 8.31. The van der Waals surface area contributed by atoms with E-state index in [9.17, 15) is 0 Å². The maximum Gasteiger partial charge on any atom is 0.0302 e. The van der Waals surface area contributed by atoms with Crippen LogP contribution in [0.2, 0.25) is 0 Å². The molecule has 2 fully saturated rings. The van der Waals surface area contributed by atoms with Crippen molar-refractivity contribution in [2.24, 2.45) is 0 Å². The molecular formula is C14H22N2S. The molecule has 2 heterocycles. The van der Waals surface area contributed by atoms with E-state index in [1.54, 1.807) is 0 Å². The molecule has 0 amide bonds. The molecule has 1 saturated carbocycles. The van der Waals surface area contributed by atoms with Crippen LogP contribution in [0.5, 0.6) is 0 Å². The Labute approximate surface area is 108 Å². The molecule has 2 nitrogen and oxygen atoms in total. The molecule has 1 N–H and O–H groups in total. The molecule has 1 aromatic rings. The van der Waals surface area contributed by atoms with Crippen LogP contribution in [0.25, 0.3) is 0 Å². The van der Waals surface area contributed by atoms with Gasteiger partial charge in [-0.1, -0.05) is 0 Å². The molecule has 1 aliphatic carbocycles. The van der Waals surface area contributed by atoms with Gasteiger partial charge in [0.2, 0.25) is 0 Å². The van der Waals surface area contributed by atoms with Gasteiger partial charge in [-0.05, 0) is 57.8 Å². The van der Waals surface area contributed by atoms with Crippen LogP contribution in [0.1, 0.15) is 35.4 Å². The minimum absolute atomic E-state index is 0.743. The fourth-order valence-electron chi connectivity index (χ4n) is 2.73. The third-order valence-corrected chi connectivity index (χ3v) is 4.95. The zero-order valence-electron chi connectivity index (χ0n) is 10.6. The van der Waals surface area contributed by atoms with Crippen molar-refractivity contribution in [3.8, 4) is 0 Å². The molecule has 1 aromatic heterocycles. The number of piperidine rings is 1. The first-order valence-corrected chi connectivity index (χ1v) is 7.65. The molecule has 0 radical (unpaired) electrons. The summed E-state index contributed by atoms with van der Waals surface area (Å²) in [6.45, 7) is 5.87. The summed E-state index contributed by atoms with van der Waals surface area (Å²) in [4.78, 5) is 5.59. The summed E-state index contributed by atoms with van der Waals surface area (Å²) in [7, 11) is 0. The molecule has 3 heteroatoms. The molecule has 0 atom stereocenters. The second-order valence-corrected chi connectivity index (χ2v) is 6.81. The third-order valence-electron chi connectivity index (χ3n) is 3.95. The summed E-state index contributed by atoms with van der Waals surface area (Å²) in [6, 6.07) is 6.17. The number of hydrogen-bond donors (Lipinski definition) is 1. The van der Waals surface area contributed by atoms with Crippen LogP contribution in [-0.4, -0.2) is 30.1 Å². The van der Waals surface area contributed by atoms with Crippen LogP contribution in [0.4, 0.5) is 0 Å². The summed E-state index contributed by atoms with van der Waals surface area (Å²) >= 11 is 1.92. The standard InChI is InChI=1S/C14H22N2S/c1-11-2-5-14(17-11)10-15-12-6-8-16(9-7-12)13-3-4-13/h2,5,12-13,15H,3-4,6-10H2,1H3. The maximum atomic E-state index is 3.71. The first kappa shape index (κ1) is 11.7. The normalized spacial score (nSPS) is 23.1. The van der Waals surface area contributed by atoms with Crippen molar-refractivity contribution >= 4 is 11.3 Å². The largest absolute Gasteiger partial charge is 0.309 e. The Balaban J connectivity index is 1.41. The Morgan fingerprint density at radius 2 is 2.00 bits per heavy atom. The van der Waals surface area contributed by atoms with Gasteiger partial charge in [0.05, 0.1) is 0 Å². The quantitative estimate of drug-likeness (QED) is 0.884. The van der Waals surface area contributed by atoms with Crippen LogP contribution in [0.3, 0.4) is 0 Å². The predicted molar refractivity (Wildman–Crippen MR) is 73.5 cm³/mol. The maximum absolute atomic E-state index is 3.71. The van der Waals surface area contributed by atoms with Gasteiger partial charge in [0, 0.05) is 28.4 Å². The van der Waals surface area contributed by atoms with Crippen molar-refractivity contribution in [2.45, 2.75) is 51.2 Å². The van der Waals surface area contributed by atoms with E-state index in [-0.39, 0.29) is 0 Å². The highest BCUT2D eigenvalue weighted by Crippen LogP contribution is 2.29. The lowest BCUT2D eigenvalue weighted by Crippen LogP contribution is -2.42. The zero-order chi connectivity index (χ0) is 11.7. The van der Waals surface area contributed by atoms with E-state index >= 15 is 0 Å². The van der Waals surface area contributed by atoms with Crippen LogP contribution in [0, 0.1) is 6.92 Å². The Bertz CT molecular complexity index is 362. The number of hydrogen-bond acceptors (Lipinski definition) is 3. The molecule has 0 spiro atoms. The van der Waals surface area contributed by atoms with Gasteiger partial charge in [0.25, 0.3) is 0 Å². The van der Waals surface area contributed by atoms with Gasteiger partial charge in [-0.15, -0.1) is 11.3 Å². The Morgan fingerprint density at radius 3 is 2.59 bits per heavy atom. The SMILES string of the molecule is Cc1ccc(CNC2CCN(C3CC3)CC2)s1. The second kappa shape index (κ2) is 5.09. The number of rotatable bonds is 4. The second-order valence-electron chi connectivity index (χ2n) is 5.43. The molecule has 1 saturated heterocycles. The highest BCUT2D eigenvalue weighted by molar-refractivity contribution is 7.11. The Kier molecular flexibility index (Phi) is 3.50. The number of nitrogens with one attached hydrogen (secondary N) is 1. The van der Waals surface area contributed by atoms with Crippen LogP contribution >= 0.6 is 11.3 Å². The lowest BCUT2D eigenvalue weighted by molar-refractivity contribution is 0.189. The zero-order valence-corrected chi connectivity index (χ0v) is 11.4. The van der Waals surface area contributed by atoms with Crippen molar-refractivity contribution < 1.29 is 0 Å². The first-order valence-electron chi connectivity index (χ1n) is 6.84. The minimum Gasteiger partial charge on any atom is -0.309 e. The lowest BCUT2D eigenvalue weighted by atomic mass is 10.0. The van der Waals surface area contributed by atoms with Gasteiger partial charge in [0.15, 0.2) is 0 Å². The molecule has 0 unspecified atom stereocenters. The van der Waals surface area contributed by atoms with E-state index in [0.717, 1.165) is 18.6 Å². The fourth-order valence-corrected chi connectivity index (χ4v) is 3.57. The van der Waals surface area contributed by atoms with E-state index in [1.807, 2.05) is 11.3 Å². The molecule has 17 heavy (non-hydrogen) atoms. The molecule has 94 valence electrons. The van der Waals surface area contributed by atoms with Crippen molar-refractivity contribution in [3.05, 3.63) is 21.9 Å². The summed E-state index contributed by atoms with van der Waals surface area (Å²) in [5, 5.41) is 3.71. The van der Waals surface area contributed by atoms with Gasteiger partial charge >= 0.3 is 0 Å². The summed E-state index contributed by atoms with van der Waals surface area (Å²) < 4.78 is 0. The summed E-state index contributed by atoms with van der Waals surface area (Å²) in [6.07, 6.45) is 5.57. The number of likely N-dealkylation sites (tertiary alicyclic amines) is 1. The average molecular weight is 250 g/mol. The smallest absolute Gasteiger partial charge is 0.0302 e.